The van der Waals surface area contributed by atoms with Gasteiger partial charge < -0.3 is 15.5 Å². The monoisotopic (exact) mass is 460 g/mol. The van der Waals surface area contributed by atoms with Crippen LogP contribution >= 0.6 is 24.0 Å². The van der Waals surface area contributed by atoms with Gasteiger partial charge in [0.2, 0.25) is 5.91 Å². The summed E-state index contributed by atoms with van der Waals surface area (Å²) in [5.74, 6) is 0.513. The van der Waals surface area contributed by atoms with Crippen LogP contribution < -0.4 is 10.6 Å². The summed E-state index contributed by atoms with van der Waals surface area (Å²) in [5.41, 5.74) is -0.288. The molecule has 2 N–H and O–H groups in total. The van der Waals surface area contributed by atoms with Gasteiger partial charge in [-0.1, -0.05) is 0 Å². The summed E-state index contributed by atoms with van der Waals surface area (Å²) in [5, 5.41) is 5.86. The minimum Gasteiger partial charge on any atom is -0.350 e. The fraction of sp³-hybridized carbons (Fsp3) is 0.857. The van der Waals surface area contributed by atoms with E-state index in [0.717, 1.165) is 0 Å². The van der Waals surface area contributed by atoms with Crippen molar-refractivity contribution in [2.75, 3.05) is 32.4 Å². The molecule has 0 aromatic carbocycles. The average Bonchev–Trinajstić information content (AvgIpc) is 2.32. The van der Waals surface area contributed by atoms with Crippen molar-refractivity contribution in [3.8, 4) is 0 Å². The molecule has 136 valence electrons. The van der Waals surface area contributed by atoms with Crippen molar-refractivity contribution in [2.24, 2.45) is 4.99 Å². The van der Waals surface area contributed by atoms with Crippen molar-refractivity contribution >= 4 is 45.7 Å². The third-order valence-electron chi connectivity index (χ3n) is 3.48. The van der Waals surface area contributed by atoms with E-state index in [4.69, 9.17) is 0 Å². The lowest BCUT2D eigenvalue weighted by Gasteiger charge is -2.39. The van der Waals surface area contributed by atoms with E-state index in [1.165, 1.54) is 0 Å². The molecule has 9 heteroatoms. The zero-order valence-corrected chi connectivity index (χ0v) is 17.9. The molecule has 1 fully saturated rings. The van der Waals surface area contributed by atoms with Gasteiger partial charge in [0, 0.05) is 25.7 Å². The molecule has 0 aromatic heterocycles. The molecule has 0 atom stereocenters. The number of hydrogen-bond acceptors (Lipinski definition) is 4. The Kier molecular flexibility index (Phi) is 7.80. The summed E-state index contributed by atoms with van der Waals surface area (Å²) in [6.45, 7) is 10.0. The number of rotatable bonds is 2. The minimum absolute atomic E-state index is 0. The molecule has 23 heavy (non-hydrogen) atoms. The normalized spacial score (nSPS) is 20.4. The van der Waals surface area contributed by atoms with Crippen LogP contribution in [-0.2, 0) is 14.6 Å². The molecule has 0 unspecified atom stereocenters. The van der Waals surface area contributed by atoms with Gasteiger partial charge in [0.15, 0.2) is 15.8 Å². The first-order valence-corrected chi connectivity index (χ1v) is 9.02. The zero-order valence-electron chi connectivity index (χ0n) is 14.8. The summed E-state index contributed by atoms with van der Waals surface area (Å²) in [7, 11) is -1.47. The van der Waals surface area contributed by atoms with E-state index in [0.29, 0.717) is 19.0 Å². The van der Waals surface area contributed by atoms with Crippen LogP contribution in [0.4, 0.5) is 0 Å². The minimum atomic E-state index is -3.09. The van der Waals surface area contributed by atoms with Gasteiger partial charge in [-0.2, -0.15) is 0 Å². The molecule has 0 radical (unpaired) electrons. The maximum atomic E-state index is 12.0. The Bertz CT molecular complexity index is 553. The molecule has 1 rings (SSSR count). The molecule has 0 aromatic rings. The third kappa shape index (κ3) is 6.44. The summed E-state index contributed by atoms with van der Waals surface area (Å²) in [4.78, 5) is 17.9. The fourth-order valence-corrected chi connectivity index (χ4v) is 3.64. The second-order valence-corrected chi connectivity index (χ2v) is 9.94. The Hall–Kier alpha value is -0.580. The van der Waals surface area contributed by atoms with Crippen LogP contribution in [-0.4, -0.2) is 67.9 Å². The first-order valence-electron chi connectivity index (χ1n) is 7.37. The van der Waals surface area contributed by atoms with Gasteiger partial charge in [-0.05, 0) is 34.6 Å². The molecule has 1 heterocycles. The lowest BCUT2D eigenvalue weighted by atomic mass is 10.1. The summed E-state index contributed by atoms with van der Waals surface area (Å²) in [6.07, 6.45) is 0. The Morgan fingerprint density at radius 1 is 1.30 bits per heavy atom. The number of nitrogens with zero attached hydrogens (tertiary/aromatic N) is 2. The van der Waals surface area contributed by atoms with Gasteiger partial charge in [0.25, 0.3) is 0 Å². The van der Waals surface area contributed by atoms with Gasteiger partial charge >= 0.3 is 0 Å². The highest BCUT2D eigenvalue weighted by atomic mass is 127. The lowest BCUT2D eigenvalue weighted by molar-refractivity contribution is -0.121. The third-order valence-corrected chi connectivity index (χ3v) is 6.01. The summed E-state index contributed by atoms with van der Waals surface area (Å²) >= 11 is 0. The maximum Gasteiger partial charge on any atom is 0.239 e. The Labute approximate surface area is 156 Å². The van der Waals surface area contributed by atoms with Crippen LogP contribution in [0.25, 0.3) is 0 Å². The van der Waals surface area contributed by atoms with Gasteiger partial charge in [-0.3, -0.25) is 9.79 Å². The molecule has 1 amide bonds. The van der Waals surface area contributed by atoms with Crippen molar-refractivity contribution in [1.29, 1.82) is 0 Å². The van der Waals surface area contributed by atoms with Gasteiger partial charge in [-0.15, -0.1) is 24.0 Å². The van der Waals surface area contributed by atoms with Crippen molar-refractivity contribution in [3.63, 3.8) is 0 Å². The van der Waals surface area contributed by atoms with E-state index >= 15 is 0 Å². The number of carbonyl (C=O) groups is 1. The average molecular weight is 460 g/mol. The predicted molar refractivity (Wildman–Crippen MR) is 104 cm³/mol. The van der Waals surface area contributed by atoms with Crippen molar-refractivity contribution in [1.82, 2.24) is 15.5 Å². The number of hydrogen-bond donors (Lipinski definition) is 2. The second kappa shape index (κ2) is 8.00. The molecule has 1 aliphatic rings. The Morgan fingerprint density at radius 3 is 2.30 bits per heavy atom. The number of nitrogens with one attached hydrogen (secondary N) is 2. The molecule has 0 aliphatic carbocycles. The molecule has 0 bridgehead atoms. The van der Waals surface area contributed by atoms with Crippen LogP contribution in [0.5, 0.6) is 0 Å². The van der Waals surface area contributed by atoms with Gasteiger partial charge in [0.1, 0.15) is 0 Å². The number of sulfone groups is 1. The number of guanidine groups is 1. The molecule has 7 nitrogen and oxygen atoms in total. The topological polar surface area (TPSA) is 90.9 Å². The highest BCUT2D eigenvalue weighted by Gasteiger charge is 2.41. The Morgan fingerprint density at radius 2 is 1.87 bits per heavy atom. The molecular formula is C14H29IN4O3S. The highest BCUT2D eigenvalue weighted by molar-refractivity contribution is 14.0. The van der Waals surface area contributed by atoms with E-state index in [9.17, 15) is 13.2 Å². The number of halogens is 1. The molecular weight excluding hydrogens is 431 g/mol. The standard InChI is InChI=1S/C14H28N4O3S.HI/c1-13(2,3)17-11(19)9-16-12(15-6)18-7-8-22(20,21)14(4,5)10-18;/h7-10H2,1-6H3,(H,15,16)(H,17,19);1H. The molecule has 0 saturated carbocycles. The Balaban J connectivity index is 0.00000484. The molecule has 1 saturated heterocycles. The van der Waals surface area contributed by atoms with Gasteiger partial charge in [-0.25, -0.2) is 8.42 Å². The van der Waals surface area contributed by atoms with Crippen LogP contribution in [0.2, 0.25) is 0 Å². The summed E-state index contributed by atoms with van der Waals surface area (Å²) in [6, 6.07) is 0. The van der Waals surface area contributed by atoms with Crippen LogP contribution in [0.15, 0.2) is 4.99 Å². The quantitative estimate of drug-likeness (QED) is 0.358. The molecule has 1 aliphatic heterocycles. The SMILES string of the molecule is CN=C(NCC(=O)NC(C)(C)C)N1CCS(=O)(=O)C(C)(C)C1.I. The fourth-order valence-electron chi connectivity index (χ4n) is 2.28. The van der Waals surface area contributed by atoms with Crippen molar-refractivity contribution < 1.29 is 13.2 Å². The highest BCUT2D eigenvalue weighted by Crippen LogP contribution is 2.23. The zero-order chi connectivity index (χ0) is 17.2. The van der Waals surface area contributed by atoms with E-state index < -0.39 is 14.6 Å². The first kappa shape index (κ1) is 22.4. The van der Waals surface area contributed by atoms with E-state index in [2.05, 4.69) is 15.6 Å². The number of amides is 1. The smallest absolute Gasteiger partial charge is 0.239 e. The number of aliphatic imine (C=N–C) groups is 1. The predicted octanol–water partition coefficient (Wildman–Crippen LogP) is 0.604. The first-order chi connectivity index (χ1) is 9.88. The van der Waals surface area contributed by atoms with Crippen LogP contribution in [0.1, 0.15) is 34.6 Å². The van der Waals surface area contributed by atoms with E-state index in [1.54, 1.807) is 20.9 Å². The lowest BCUT2D eigenvalue weighted by Crippen LogP contribution is -2.58. The van der Waals surface area contributed by atoms with Crippen molar-refractivity contribution in [2.45, 2.75) is 44.9 Å². The van der Waals surface area contributed by atoms with E-state index in [-0.39, 0.29) is 47.7 Å². The summed E-state index contributed by atoms with van der Waals surface area (Å²) < 4.78 is 23.2. The van der Waals surface area contributed by atoms with Crippen LogP contribution in [0.3, 0.4) is 0 Å². The molecule has 0 spiro atoms. The van der Waals surface area contributed by atoms with Crippen molar-refractivity contribution in [3.05, 3.63) is 0 Å². The van der Waals surface area contributed by atoms with Crippen LogP contribution in [0, 0.1) is 0 Å². The van der Waals surface area contributed by atoms with E-state index in [1.807, 2.05) is 25.7 Å². The maximum absolute atomic E-state index is 12.0. The number of carbonyl (C=O) groups excluding carboxylic acids is 1. The second-order valence-electron chi connectivity index (χ2n) is 7.20. The van der Waals surface area contributed by atoms with Gasteiger partial charge in [0.05, 0.1) is 17.0 Å². The largest absolute Gasteiger partial charge is 0.350 e.